The number of guanidine groups is 1. The summed E-state index contributed by atoms with van der Waals surface area (Å²) in [6, 6.07) is 9.50. The van der Waals surface area contributed by atoms with E-state index in [1.807, 2.05) is 37.3 Å². The van der Waals surface area contributed by atoms with Crippen LogP contribution in [-0.2, 0) is 13.1 Å². The molecule has 0 aliphatic carbocycles. The molecule has 0 bridgehead atoms. The maximum absolute atomic E-state index is 6.11. The van der Waals surface area contributed by atoms with Crippen LogP contribution < -0.4 is 10.6 Å². The van der Waals surface area contributed by atoms with Crippen LogP contribution in [-0.4, -0.2) is 17.7 Å². The van der Waals surface area contributed by atoms with Crippen LogP contribution in [0.3, 0.4) is 0 Å². The van der Waals surface area contributed by atoms with Gasteiger partial charge in [0.1, 0.15) is 12.0 Å². The molecule has 6 heteroatoms. The summed E-state index contributed by atoms with van der Waals surface area (Å²) in [6.45, 7) is 3.88. The van der Waals surface area contributed by atoms with E-state index in [0.29, 0.717) is 13.1 Å². The van der Waals surface area contributed by atoms with Crippen molar-refractivity contribution in [3.8, 4) is 0 Å². The van der Waals surface area contributed by atoms with Crippen molar-refractivity contribution in [1.29, 1.82) is 0 Å². The highest BCUT2D eigenvalue weighted by atomic mass is 35.5. The topological polar surface area (TPSA) is 62.5 Å². The second-order valence-corrected chi connectivity index (χ2v) is 4.54. The second kappa shape index (κ2) is 7.55. The first-order valence-corrected chi connectivity index (χ1v) is 6.82. The van der Waals surface area contributed by atoms with E-state index in [1.54, 1.807) is 6.26 Å². The van der Waals surface area contributed by atoms with Crippen molar-refractivity contribution in [2.45, 2.75) is 20.0 Å². The number of aliphatic imine (C=N–C) groups is 1. The van der Waals surface area contributed by atoms with Crippen molar-refractivity contribution in [1.82, 2.24) is 15.8 Å². The highest BCUT2D eigenvalue weighted by Gasteiger charge is 2.02. The van der Waals surface area contributed by atoms with E-state index in [-0.39, 0.29) is 0 Å². The Morgan fingerprint density at radius 3 is 2.85 bits per heavy atom. The number of nitrogens with one attached hydrogen (secondary N) is 2. The third kappa shape index (κ3) is 4.28. The Labute approximate surface area is 123 Å². The van der Waals surface area contributed by atoms with Gasteiger partial charge in [0.05, 0.1) is 13.1 Å². The standard InChI is InChI=1S/C14H17ClN4O/c1-2-16-14(18-10-12-7-8-20-19-12)17-9-11-5-3-4-6-13(11)15/h3-8H,2,9-10H2,1H3,(H2,16,17,18). The molecule has 2 rings (SSSR count). The smallest absolute Gasteiger partial charge is 0.191 e. The Bertz CT molecular complexity index is 554. The molecule has 0 spiro atoms. The number of rotatable bonds is 5. The largest absolute Gasteiger partial charge is 0.364 e. The molecule has 2 aromatic rings. The zero-order valence-electron chi connectivity index (χ0n) is 11.3. The van der Waals surface area contributed by atoms with Crippen molar-refractivity contribution < 1.29 is 4.52 Å². The molecule has 0 saturated carbocycles. The summed E-state index contributed by atoms with van der Waals surface area (Å²) in [5.74, 6) is 0.718. The lowest BCUT2D eigenvalue weighted by molar-refractivity contribution is 0.410. The van der Waals surface area contributed by atoms with Crippen LogP contribution in [0.1, 0.15) is 18.2 Å². The van der Waals surface area contributed by atoms with Crippen molar-refractivity contribution in [2.75, 3.05) is 6.54 Å². The maximum atomic E-state index is 6.11. The van der Waals surface area contributed by atoms with Crippen LogP contribution in [0.2, 0.25) is 5.02 Å². The summed E-state index contributed by atoms with van der Waals surface area (Å²) in [7, 11) is 0. The Hall–Kier alpha value is -2.01. The van der Waals surface area contributed by atoms with Crippen molar-refractivity contribution in [2.24, 2.45) is 4.99 Å². The summed E-state index contributed by atoms with van der Waals surface area (Å²) in [5.41, 5.74) is 1.82. The number of aromatic nitrogens is 1. The molecular weight excluding hydrogens is 276 g/mol. The Morgan fingerprint density at radius 1 is 1.30 bits per heavy atom. The van der Waals surface area contributed by atoms with E-state index in [9.17, 15) is 0 Å². The fourth-order valence-electron chi connectivity index (χ4n) is 1.64. The van der Waals surface area contributed by atoms with E-state index in [4.69, 9.17) is 16.1 Å². The van der Waals surface area contributed by atoms with Crippen LogP contribution in [0, 0.1) is 0 Å². The molecule has 0 radical (unpaired) electrons. The van der Waals surface area contributed by atoms with Gasteiger partial charge in [0, 0.05) is 17.6 Å². The molecule has 0 atom stereocenters. The fourth-order valence-corrected chi connectivity index (χ4v) is 1.83. The number of nitrogens with zero attached hydrogens (tertiary/aromatic N) is 2. The first-order chi connectivity index (χ1) is 9.79. The van der Waals surface area contributed by atoms with Gasteiger partial charge < -0.3 is 15.2 Å². The van der Waals surface area contributed by atoms with E-state index >= 15 is 0 Å². The molecule has 0 fully saturated rings. The first kappa shape index (κ1) is 14.4. The van der Waals surface area contributed by atoms with Crippen LogP contribution in [0.5, 0.6) is 0 Å². The minimum atomic E-state index is 0.522. The van der Waals surface area contributed by atoms with Gasteiger partial charge in [-0.15, -0.1) is 0 Å². The molecule has 0 aliphatic rings. The number of benzene rings is 1. The molecule has 1 aromatic heterocycles. The highest BCUT2D eigenvalue weighted by Crippen LogP contribution is 2.15. The summed E-state index contributed by atoms with van der Waals surface area (Å²) < 4.78 is 4.78. The van der Waals surface area contributed by atoms with Gasteiger partial charge in [-0.3, -0.25) is 0 Å². The Balaban J connectivity index is 1.96. The molecule has 0 amide bonds. The van der Waals surface area contributed by atoms with Gasteiger partial charge in [-0.1, -0.05) is 35.0 Å². The third-order valence-corrected chi connectivity index (χ3v) is 3.01. The molecule has 106 valence electrons. The fraction of sp³-hybridized carbons (Fsp3) is 0.286. The summed E-state index contributed by atoms with van der Waals surface area (Å²) in [6.07, 6.45) is 1.55. The number of halogens is 1. The SMILES string of the molecule is CCNC(=NCc1ccccc1Cl)NCc1ccon1. The Kier molecular flexibility index (Phi) is 5.43. The predicted molar refractivity (Wildman–Crippen MR) is 79.6 cm³/mol. The van der Waals surface area contributed by atoms with Crippen molar-refractivity contribution in [3.05, 3.63) is 52.9 Å². The lowest BCUT2D eigenvalue weighted by Crippen LogP contribution is -2.36. The number of hydrogen-bond donors (Lipinski definition) is 2. The lowest BCUT2D eigenvalue weighted by Gasteiger charge is -2.10. The average molecular weight is 293 g/mol. The predicted octanol–water partition coefficient (Wildman–Crippen LogP) is 2.58. The molecule has 0 saturated heterocycles. The van der Waals surface area contributed by atoms with E-state index in [1.165, 1.54) is 0 Å². The van der Waals surface area contributed by atoms with E-state index in [0.717, 1.165) is 28.8 Å². The quantitative estimate of drug-likeness (QED) is 0.657. The van der Waals surface area contributed by atoms with Crippen LogP contribution in [0.15, 0.2) is 46.1 Å². The van der Waals surface area contributed by atoms with Gasteiger partial charge in [-0.05, 0) is 18.6 Å². The van der Waals surface area contributed by atoms with Crippen LogP contribution in [0.25, 0.3) is 0 Å². The highest BCUT2D eigenvalue weighted by molar-refractivity contribution is 6.31. The molecule has 2 N–H and O–H groups in total. The average Bonchev–Trinajstić information content (AvgIpc) is 2.97. The zero-order valence-corrected chi connectivity index (χ0v) is 12.0. The molecular formula is C14H17ClN4O. The summed E-state index contributed by atoms with van der Waals surface area (Å²) in [4.78, 5) is 4.50. The molecule has 1 heterocycles. The van der Waals surface area contributed by atoms with Gasteiger partial charge >= 0.3 is 0 Å². The molecule has 5 nitrogen and oxygen atoms in total. The molecule has 1 aromatic carbocycles. The minimum Gasteiger partial charge on any atom is -0.364 e. The molecule has 20 heavy (non-hydrogen) atoms. The third-order valence-electron chi connectivity index (χ3n) is 2.64. The number of hydrogen-bond acceptors (Lipinski definition) is 3. The van der Waals surface area contributed by atoms with Crippen LogP contribution >= 0.6 is 11.6 Å². The summed E-state index contributed by atoms with van der Waals surface area (Å²) in [5, 5.41) is 10.9. The Morgan fingerprint density at radius 2 is 2.15 bits per heavy atom. The van der Waals surface area contributed by atoms with E-state index in [2.05, 4.69) is 20.8 Å². The minimum absolute atomic E-state index is 0.522. The zero-order chi connectivity index (χ0) is 14.2. The lowest BCUT2D eigenvalue weighted by atomic mass is 10.2. The van der Waals surface area contributed by atoms with Crippen molar-refractivity contribution >= 4 is 17.6 Å². The molecule has 0 aliphatic heterocycles. The maximum Gasteiger partial charge on any atom is 0.191 e. The summed E-state index contributed by atoms with van der Waals surface area (Å²) >= 11 is 6.11. The second-order valence-electron chi connectivity index (χ2n) is 4.13. The van der Waals surface area contributed by atoms with Crippen LogP contribution in [0.4, 0.5) is 0 Å². The van der Waals surface area contributed by atoms with Crippen molar-refractivity contribution in [3.63, 3.8) is 0 Å². The van der Waals surface area contributed by atoms with Gasteiger partial charge in [0.25, 0.3) is 0 Å². The monoisotopic (exact) mass is 292 g/mol. The van der Waals surface area contributed by atoms with Gasteiger partial charge in [-0.2, -0.15) is 0 Å². The van der Waals surface area contributed by atoms with E-state index < -0.39 is 0 Å². The molecule has 0 unspecified atom stereocenters. The first-order valence-electron chi connectivity index (χ1n) is 6.44. The normalized spacial score (nSPS) is 11.4. The van der Waals surface area contributed by atoms with Gasteiger partial charge in [0.2, 0.25) is 0 Å². The van der Waals surface area contributed by atoms with Gasteiger partial charge in [0.15, 0.2) is 5.96 Å². The van der Waals surface area contributed by atoms with Gasteiger partial charge in [-0.25, -0.2) is 4.99 Å².